The molecular formula is C13H26N2O2. The Bertz CT molecular complexity index is 225. The molecule has 1 rings (SSSR count). The minimum Gasteiger partial charge on any atom is -0.396 e. The van der Waals surface area contributed by atoms with E-state index in [0.29, 0.717) is 13.0 Å². The summed E-state index contributed by atoms with van der Waals surface area (Å²) in [5.41, 5.74) is 5.96. The Labute approximate surface area is 104 Å². The van der Waals surface area contributed by atoms with Crippen LogP contribution in [-0.4, -0.2) is 29.7 Å². The highest BCUT2D eigenvalue weighted by atomic mass is 16.2. The summed E-state index contributed by atoms with van der Waals surface area (Å²) >= 11 is 0. The van der Waals surface area contributed by atoms with Crippen molar-refractivity contribution in [3.05, 3.63) is 0 Å². The molecule has 1 fully saturated rings. The molecule has 0 aromatic carbocycles. The highest BCUT2D eigenvalue weighted by Crippen LogP contribution is 2.28. The number of rotatable bonds is 7. The molecule has 0 unspecified atom stereocenters. The Balaban J connectivity index is 2.11. The van der Waals surface area contributed by atoms with E-state index in [9.17, 15) is 4.79 Å². The number of nitrogens with two attached hydrogens (primary N) is 1. The lowest BCUT2D eigenvalue weighted by Crippen LogP contribution is -2.46. The van der Waals surface area contributed by atoms with Gasteiger partial charge in [0, 0.05) is 25.1 Å². The topological polar surface area (TPSA) is 75.4 Å². The molecule has 4 heteroatoms. The smallest absolute Gasteiger partial charge is 0.221 e. The number of nitrogens with one attached hydrogen (secondary N) is 1. The molecular weight excluding hydrogens is 216 g/mol. The average molecular weight is 242 g/mol. The quantitative estimate of drug-likeness (QED) is 0.589. The second kappa shape index (κ2) is 7.67. The normalized spacial score (nSPS) is 18.9. The number of carbonyl (C=O) groups is 1. The fraction of sp³-hybridized carbons (Fsp3) is 0.923. The Morgan fingerprint density at radius 1 is 1.18 bits per heavy atom. The summed E-state index contributed by atoms with van der Waals surface area (Å²) in [6, 6.07) is 0. The number of unbranched alkanes of at least 4 members (excludes halogenated alkanes) is 2. The average Bonchev–Trinajstić information content (AvgIpc) is 2.29. The third kappa shape index (κ3) is 6.03. The van der Waals surface area contributed by atoms with Crippen LogP contribution >= 0.6 is 0 Å². The third-order valence-electron chi connectivity index (χ3n) is 3.52. The molecule has 0 atom stereocenters. The molecule has 1 aliphatic carbocycles. The van der Waals surface area contributed by atoms with Gasteiger partial charge in [-0.15, -0.1) is 0 Å². The van der Waals surface area contributed by atoms with Gasteiger partial charge in [0.25, 0.3) is 0 Å². The standard InChI is InChI=1S/C13H26N2O2/c14-13(7-3-1-4-8-13)11-12(17)15-9-5-2-6-10-16/h16H,1-11,14H2,(H,15,17). The van der Waals surface area contributed by atoms with Gasteiger partial charge >= 0.3 is 0 Å². The van der Waals surface area contributed by atoms with Crippen LogP contribution in [0.1, 0.15) is 57.8 Å². The molecule has 1 aliphatic rings. The second-order valence-corrected chi connectivity index (χ2v) is 5.23. The Hall–Kier alpha value is -0.610. The van der Waals surface area contributed by atoms with E-state index in [4.69, 9.17) is 10.8 Å². The molecule has 0 aromatic rings. The summed E-state index contributed by atoms with van der Waals surface area (Å²) in [4.78, 5) is 11.7. The summed E-state index contributed by atoms with van der Waals surface area (Å²) in [6.45, 7) is 0.939. The van der Waals surface area contributed by atoms with Crippen molar-refractivity contribution in [3.8, 4) is 0 Å². The fourth-order valence-electron chi connectivity index (χ4n) is 2.46. The van der Waals surface area contributed by atoms with Crippen molar-refractivity contribution in [1.29, 1.82) is 0 Å². The molecule has 100 valence electrons. The number of hydrogen-bond donors (Lipinski definition) is 3. The first-order valence-electron chi connectivity index (χ1n) is 6.83. The number of carbonyl (C=O) groups excluding carboxylic acids is 1. The lowest BCUT2D eigenvalue weighted by Gasteiger charge is -2.32. The Kier molecular flexibility index (Phi) is 6.52. The molecule has 0 aliphatic heterocycles. The van der Waals surface area contributed by atoms with Gasteiger partial charge in [-0.2, -0.15) is 0 Å². The van der Waals surface area contributed by atoms with E-state index in [2.05, 4.69) is 5.32 Å². The van der Waals surface area contributed by atoms with E-state index in [1.54, 1.807) is 0 Å². The van der Waals surface area contributed by atoms with Crippen LogP contribution in [0.2, 0.25) is 0 Å². The number of aliphatic hydroxyl groups is 1. The monoisotopic (exact) mass is 242 g/mol. The van der Waals surface area contributed by atoms with Crippen LogP contribution in [0, 0.1) is 0 Å². The van der Waals surface area contributed by atoms with Crippen LogP contribution in [0.5, 0.6) is 0 Å². The highest BCUT2D eigenvalue weighted by Gasteiger charge is 2.29. The van der Waals surface area contributed by atoms with Crippen LogP contribution in [0.25, 0.3) is 0 Å². The van der Waals surface area contributed by atoms with Gasteiger partial charge in [-0.1, -0.05) is 19.3 Å². The van der Waals surface area contributed by atoms with Crippen LogP contribution in [-0.2, 0) is 4.79 Å². The molecule has 0 saturated heterocycles. The van der Waals surface area contributed by atoms with Gasteiger partial charge in [0.2, 0.25) is 5.91 Å². The maximum absolute atomic E-state index is 11.7. The molecule has 4 nitrogen and oxygen atoms in total. The number of hydrogen-bond acceptors (Lipinski definition) is 3. The maximum atomic E-state index is 11.7. The van der Waals surface area contributed by atoms with E-state index < -0.39 is 0 Å². The summed E-state index contributed by atoms with van der Waals surface area (Å²) in [6.07, 6.45) is 8.69. The number of aliphatic hydroxyl groups excluding tert-OH is 1. The van der Waals surface area contributed by atoms with E-state index in [-0.39, 0.29) is 18.1 Å². The zero-order chi connectivity index (χ0) is 12.6. The summed E-state index contributed by atoms with van der Waals surface area (Å²) in [7, 11) is 0. The molecule has 4 N–H and O–H groups in total. The molecule has 1 amide bonds. The van der Waals surface area contributed by atoms with Gasteiger partial charge in [-0.05, 0) is 32.1 Å². The molecule has 0 spiro atoms. The molecule has 0 heterocycles. The van der Waals surface area contributed by atoms with Gasteiger partial charge in [-0.25, -0.2) is 0 Å². The van der Waals surface area contributed by atoms with Crippen molar-refractivity contribution in [2.45, 2.75) is 63.3 Å². The van der Waals surface area contributed by atoms with Crippen molar-refractivity contribution in [2.75, 3.05) is 13.2 Å². The maximum Gasteiger partial charge on any atom is 0.221 e. The zero-order valence-corrected chi connectivity index (χ0v) is 10.7. The Morgan fingerprint density at radius 2 is 1.88 bits per heavy atom. The molecule has 0 radical (unpaired) electrons. The van der Waals surface area contributed by atoms with E-state index in [1.165, 1.54) is 6.42 Å². The van der Waals surface area contributed by atoms with Gasteiger partial charge in [0.15, 0.2) is 0 Å². The molecule has 17 heavy (non-hydrogen) atoms. The first-order valence-corrected chi connectivity index (χ1v) is 6.83. The van der Waals surface area contributed by atoms with Gasteiger partial charge < -0.3 is 16.2 Å². The molecule has 0 aromatic heterocycles. The van der Waals surface area contributed by atoms with E-state index in [1.807, 2.05) is 0 Å². The van der Waals surface area contributed by atoms with Crippen molar-refractivity contribution >= 4 is 5.91 Å². The second-order valence-electron chi connectivity index (χ2n) is 5.23. The first kappa shape index (κ1) is 14.5. The Morgan fingerprint density at radius 3 is 2.53 bits per heavy atom. The van der Waals surface area contributed by atoms with Crippen LogP contribution < -0.4 is 11.1 Å². The molecule has 0 bridgehead atoms. The van der Waals surface area contributed by atoms with Crippen molar-refractivity contribution in [2.24, 2.45) is 5.73 Å². The van der Waals surface area contributed by atoms with Crippen molar-refractivity contribution < 1.29 is 9.90 Å². The van der Waals surface area contributed by atoms with Crippen LogP contribution in [0.3, 0.4) is 0 Å². The predicted octanol–water partition coefficient (Wildman–Crippen LogP) is 1.32. The largest absolute Gasteiger partial charge is 0.396 e. The minimum absolute atomic E-state index is 0.0819. The van der Waals surface area contributed by atoms with E-state index in [0.717, 1.165) is 44.9 Å². The predicted molar refractivity (Wildman–Crippen MR) is 68.6 cm³/mol. The SMILES string of the molecule is NC1(CC(=O)NCCCCCO)CCCCC1. The van der Waals surface area contributed by atoms with Gasteiger partial charge in [0.05, 0.1) is 0 Å². The number of amides is 1. The zero-order valence-electron chi connectivity index (χ0n) is 10.7. The minimum atomic E-state index is -0.257. The van der Waals surface area contributed by atoms with Crippen LogP contribution in [0.15, 0.2) is 0 Å². The van der Waals surface area contributed by atoms with Crippen molar-refractivity contribution in [1.82, 2.24) is 5.32 Å². The van der Waals surface area contributed by atoms with Crippen LogP contribution in [0.4, 0.5) is 0 Å². The van der Waals surface area contributed by atoms with Gasteiger partial charge in [0.1, 0.15) is 0 Å². The summed E-state index contributed by atoms with van der Waals surface area (Å²) in [5.74, 6) is 0.0819. The third-order valence-corrected chi connectivity index (χ3v) is 3.52. The summed E-state index contributed by atoms with van der Waals surface area (Å²) < 4.78 is 0. The van der Waals surface area contributed by atoms with Crippen molar-refractivity contribution in [3.63, 3.8) is 0 Å². The first-order chi connectivity index (χ1) is 8.16. The lowest BCUT2D eigenvalue weighted by atomic mass is 9.80. The highest BCUT2D eigenvalue weighted by molar-refractivity contribution is 5.77. The summed E-state index contributed by atoms with van der Waals surface area (Å²) in [5, 5.41) is 11.5. The lowest BCUT2D eigenvalue weighted by molar-refractivity contribution is -0.122. The van der Waals surface area contributed by atoms with E-state index >= 15 is 0 Å². The molecule has 1 saturated carbocycles. The fourth-order valence-corrected chi connectivity index (χ4v) is 2.46. The van der Waals surface area contributed by atoms with Gasteiger partial charge in [-0.3, -0.25) is 4.79 Å².